The van der Waals surface area contributed by atoms with Crippen molar-refractivity contribution in [3.63, 3.8) is 0 Å². The summed E-state index contributed by atoms with van der Waals surface area (Å²) in [6, 6.07) is 9.46. The van der Waals surface area contributed by atoms with Crippen LogP contribution in [0.25, 0.3) is 0 Å². The first kappa shape index (κ1) is 10.2. The van der Waals surface area contributed by atoms with Crippen molar-refractivity contribution < 1.29 is 0 Å². The second-order valence-electron chi connectivity index (χ2n) is 2.92. The number of hydrogen-bond acceptors (Lipinski definition) is 2. The zero-order chi connectivity index (χ0) is 10.2. The van der Waals surface area contributed by atoms with Crippen LogP contribution >= 0.6 is 0 Å². The molecule has 1 rings (SSSR count). The summed E-state index contributed by atoms with van der Waals surface area (Å²) in [4.78, 5) is 0. The van der Waals surface area contributed by atoms with Crippen molar-refractivity contribution in [2.45, 2.75) is 12.8 Å². The van der Waals surface area contributed by atoms with Gasteiger partial charge in [-0.05, 0) is 30.7 Å². The van der Waals surface area contributed by atoms with Crippen LogP contribution in [0.4, 0.5) is 5.69 Å². The zero-order valence-corrected chi connectivity index (χ0v) is 7.96. The second kappa shape index (κ2) is 5.67. The van der Waals surface area contributed by atoms with E-state index >= 15 is 0 Å². The molecule has 0 aromatic heterocycles. The predicted octanol–water partition coefficient (Wildman–Crippen LogP) is 2.38. The van der Waals surface area contributed by atoms with Crippen LogP contribution in [-0.2, 0) is 0 Å². The third-order valence-electron chi connectivity index (χ3n) is 1.84. The number of nitrogens with zero attached hydrogens (tertiary/aromatic N) is 1. The van der Waals surface area contributed by atoms with E-state index in [2.05, 4.69) is 17.3 Å². The predicted molar refractivity (Wildman–Crippen MR) is 57.7 cm³/mol. The minimum Gasteiger partial charge on any atom is -0.385 e. The van der Waals surface area contributed by atoms with Crippen molar-refractivity contribution in [3.05, 3.63) is 29.8 Å². The van der Waals surface area contributed by atoms with E-state index in [4.69, 9.17) is 11.7 Å². The van der Waals surface area contributed by atoms with Crippen molar-refractivity contribution in [1.82, 2.24) is 0 Å². The fraction of sp³-hybridized carbons (Fsp3) is 0.250. The topological polar surface area (TPSA) is 35.8 Å². The molecule has 0 aliphatic heterocycles. The summed E-state index contributed by atoms with van der Waals surface area (Å²) >= 11 is 0. The Morgan fingerprint density at radius 1 is 1.29 bits per heavy atom. The molecular weight excluding hydrogens is 172 g/mol. The Kier molecular flexibility index (Phi) is 4.11. The lowest BCUT2D eigenvalue weighted by Gasteiger charge is -2.04. The van der Waals surface area contributed by atoms with Crippen LogP contribution in [0.15, 0.2) is 24.3 Å². The number of nitrogens with one attached hydrogen (secondary N) is 1. The largest absolute Gasteiger partial charge is 0.385 e. The van der Waals surface area contributed by atoms with Crippen LogP contribution in [0.5, 0.6) is 0 Å². The van der Waals surface area contributed by atoms with Gasteiger partial charge in [0.15, 0.2) is 0 Å². The van der Waals surface area contributed by atoms with Crippen molar-refractivity contribution in [1.29, 1.82) is 5.26 Å². The van der Waals surface area contributed by atoms with E-state index in [0.29, 0.717) is 5.56 Å². The van der Waals surface area contributed by atoms with Gasteiger partial charge in [0.05, 0.1) is 11.6 Å². The Morgan fingerprint density at radius 2 is 2.00 bits per heavy atom. The Balaban J connectivity index is 2.38. The molecule has 2 heteroatoms. The zero-order valence-electron chi connectivity index (χ0n) is 7.96. The summed E-state index contributed by atoms with van der Waals surface area (Å²) in [6.07, 6.45) is 6.90. The van der Waals surface area contributed by atoms with E-state index in [9.17, 15) is 0 Å². The Morgan fingerprint density at radius 3 is 2.57 bits per heavy atom. The molecule has 14 heavy (non-hydrogen) atoms. The van der Waals surface area contributed by atoms with Gasteiger partial charge in [-0.3, -0.25) is 0 Å². The lowest BCUT2D eigenvalue weighted by Crippen LogP contribution is -2.00. The molecule has 0 unspecified atom stereocenters. The molecule has 0 aliphatic carbocycles. The van der Waals surface area contributed by atoms with Gasteiger partial charge in [0.25, 0.3) is 0 Å². The molecule has 0 fully saturated rings. The molecule has 1 aromatic rings. The molecule has 0 bridgehead atoms. The molecule has 0 amide bonds. The van der Waals surface area contributed by atoms with Crippen molar-refractivity contribution in [2.24, 2.45) is 0 Å². The molecule has 0 saturated carbocycles. The van der Waals surface area contributed by atoms with Gasteiger partial charge in [-0.1, -0.05) is 0 Å². The number of benzene rings is 1. The third kappa shape index (κ3) is 3.21. The van der Waals surface area contributed by atoms with Gasteiger partial charge in [0.1, 0.15) is 0 Å². The van der Waals surface area contributed by atoms with E-state index in [1.54, 1.807) is 12.1 Å². The van der Waals surface area contributed by atoms with Crippen molar-refractivity contribution in [3.8, 4) is 18.4 Å². The average Bonchev–Trinajstić information content (AvgIpc) is 2.25. The molecular formula is C12H12N2. The molecule has 0 atom stereocenters. The number of rotatable bonds is 4. The summed E-state index contributed by atoms with van der Waals surface area (Å²) in [6.45, 7) is 0.871. The number of terminal acetylenes is 1. The Bertz CT molecular complexity index is 351. The fourth-order valence-electron chi connectivity index (χ4n) is 1.09. The highest BCUT2D eigenvalue weighted by molar-refractivity contribution is 5.46. The summed E-state index contributed by atoms with van der Waals surface area (Å²) in [5, 5.41) is 11.8. The Labute approximate surface area is 84.6 Å². The molecule has 1 N–H and O–H groups in total. The van der Waals surface area contributed by atoms with Crippen LogP contribution in [0.2, 0.25) is 0 Å². The highest BCUT2D eigenvalue weighted by Gasteiger charge is 1.91. The number of unbranched alkanes of at least 4 members (excludes halogenated alkanes) is 1. The van der Waals surface area contributed by atoms with Crippen LogP contribution in [-0.4, -0.2) is 6.54 Å². The van der Waals surface area contributed by atoms with Crippen molar-refractivity contribution >= 4 is 5.69 Å². The highest BCUT2D eigenvalue weighted by Crippen LogP contribution is 2.08. The number of anilines is 1. The van der Waals surface area contributed by atoms with Crippen LogP contribution < -0.4 is 5.32 Å². The fourth-order valence-corrected chi connectivity index (χ4v) is 1.09. The molecule has 0 heterocycles. The standard InChI is InChI=1S/C12H12N2/c1-2-3-4-9-14-12-7-5-11(10-13)6-8-12/h1,5-8,14H,3-4,9H2. The monoisotopic (exact) mass is 184 g/mol. The minimum atomic E-state index is 0.680. The molecule has 70 valence electrons. The normalized spacial score (nSPS) is 8.71. The highest BCUT2D eigenvalue weighted by atomic mass is 14.9. The minimum absolute atomic E-state index is 0.680. The molecule has 0 spiro atoms. The summed E-state index contributed by atoms with van der Waals surface area (Å²) in [5.41, 5.74) is 1.71. The third-order valence-corrected chi connectivity index (χ3v) is 1.84. The van der Waals surface area contributed by atoms with Gasteiger partial charge >= 0.3 is 0 Å². The van der Waals surface area contributed by atoms with E-state index < -0.39 is 0 Å². The summed E-state index contributed by atoms with van der Waals surface area (Å²) in [7, 11) is 0. The lowest BCUT2D eigenvalue weighted by atomic mass is 10.2. The SMILES string of the molecule is C#CCCCNc1ccc(C#N)cc1. The molecule has 0 saturated heterocycles. The maximum atomic E-state index is 8.58. The maximum absolute atomic E-state index is 8.58. The van der Waals surface area contributed by atoms with Gasteiger partial charge in [-0.15, -0.1) is 12.3 Å². The first-order valence-corrected chi connectivity index (χ1v) is 4.54. The van der Waals surface area contributed by atoms with Crippen LogP contribution in [0.3, 0.4) is 0 Å². The Hall–Kier alpha value is -1.93. The number of nitriles is 1. The molecule has 2 nitrogen and oxygen atoms in total. The molecule has 0 radical (unpaired) electrons. The van der Waals surface area contributed by atoms with Crippen LogP contribution in [0, 0.1) is 23.7 Å². The van der Waals surface area contributed by atoms with E-state index in [0.717, 1.165) is 25.1 Å². The van der Waals surface area contributed by atoms with Gasteiger partial charge < -0.3 is 5.32 Å². The van der Waals surface area contributed by atoms with Gasteiger partial charge in [-0.25, -0.2) is 0 Å². The van der Waals surface area contributed by atoms with Gasteiger partial charge in [-0.2, -0.15) is 5.26 Å². The molecule has 0 aliphatic rings. The van der Waals surface area contributed by atoms with Crippen LogP contribution in [0.1, 0.15) is 18.4 Å². The lowest BCUT2D eigenvalue weighted by molar-refractivity contribution is 0.907. The van der Waals surface area contributed by atoms with E-state index in [1.807, 2.05) is 12.1 Å². The maximum Gasteiger partial charge on any atom is 0.0991 e. The summed E-state index contributed by atoms with van der Waals surface area (Å²) < 4.78 is 0. The van der Waals surface area contributed by atoms with E-state index in [-0.39, 0.29) is 0 Å². The van der Waals surface area contributed by atoms with Crippen molar-refractivity contribution in [2.75, 3.05) is 11.9 Å². The molecule has 1 aromatic carbocycles. The van der Waals surface area contributed by atoms with E-state index in [1.165, 1.54) is 0 Å². The number of hydrogen-bond donors (Lipinski definition) is 1. The van der Waals surface area contributed by atoms with Gasteiger partial charge in [0.2, 0.25) is 0 Å². The first-order chi connectivity index (χ1) is 6.86. The average molecular weight is 184 g/mol. The summed E-state index contributed by atoms with van der Waals surface area (Å²) in [5.74, 6) is 2.59. The van der Waals surface area contributed by atoms with Gasteiger partial charge in [0, 0.05) is 18.7 Å². The smallest absolute Gasteiger partial charge is 0.0991 e. The quantitative estimate of drug-likeness (QED) is 0.576. The second-order valence-corrected chi connectivity index (χ2v) is 2.92. The first-order valence-electron chi connectivity index (χ1n) is 4.54.